The van der Waals surface area contributed by atoms with Gasteiger partial charge in [-0.25, -0.2) is 9.97 Å². The van der Waals surface area contributed by atoms with Crippen LogP contribution in [0.3, 0.4) is 0 Å². The van der Waals surface area contributed by atoms with E-state index in [1.807, 2.05) is 56.3 Å². The highest BCUT2D eigenvalue weighted by molar-refractivity contribution is 9.10. The van der Waals surface area contributed by atoms with E-state index in [0.29, 0.717) is 11.6 Å². The molecule has 0 saturated carbocycles. The first-order chi connectivity index (χ1) is 12.0. The Morgan fingerprint density at radius 1 is 1.00 bits per heavy atom. The molecule has 3 aromatic rings. The second kappa shape index (κ2) is 7.44. The molecule has 0 radical (unpaired) electrons. The fourth-order valence-electron chi connectivity index (χ4n) is 2.40. The van der Waals surface area contributed by atoms with E-state index in [2.05, 4.69) is 36.5 Å². The van der Waals surface area contributed by atoms with Crippen molar-refractivity contribution in [1.82, 2.24) is 9.97 Å². The lowest BCUT2D eigenvalue weighted by atomic mass is 10.1. The number of para-hydroxylation sites is 1. The molecule has 0 bridgehead atoms. The SMILES string of the molecule is Cc1cccc(C)c1NC(=O)c1ccnc(Nc2ccc(Br)cc2)n1. The fraction of sp³-hybridized carbons (Fsp3) is 0.105. The summed E-state index contributed by atoms with van der Waals surface area (Å²) < 4.78 is 0.987. The molecule has 126 valence electrons. The lowest BCUT2D eigenvalue weighted by molar-refractivity contribution is 0.102. The highest BCUT2D eigenvalue weighted by Crippen LogP contribution is 2.21. The largest absolute Gasteiger partial charge is 0.324 e. The van der Waals surface area contributed by atoms with E-state index >= 15 is 0 Å². The minimum absolute atomic E-state index is 0.265. The van der Waals surface area contributed by atoms with Gasteiger partial charge in [0.05, 0.1) is 0 Å². The second-order valence-electron chi connectivity index (χ2n) is 5.62. The highest BCUT2D eigenvalue weighted by atomic mass is 79.9. The van der Waals surface area contributed by atoms with Gasteiger partial charge in [0, 0.05) is 22.0 Å². The first-order valence-corrected chi connectivity index (χ1v) is 8.55. The Hall–Kier alpha value is -2.73. The molecule has 1 aromatic heterocycles. The summed E-state index contributed by atoms with van der Waals surface area (Å²) in [5, 5.41) is 6.02. The maximum atomic E-state index is 12.5. The van der Waals surface area contributed by atoms with Crippen molar-refractivity contribution in [3.05, 3.63) is 76.0 Å². The van der Waals surface area contributed by atoms with E-state index in [1.165, 1.54) is 0 Å². The fourth-order valence-corrected chi connectivity index (χ4v) is 2.66. The summed E-state index contributed by atoms with van der Waals surface area (Å²) in [5.41, 5.74) is 3.98. The van der Waals surface area contributed by atoms with E-state index in [4.69, 9.17) is 0 Å². The molecule has 0 aliphatic heterocycles. The van der Waals surface area contributed by atoms with Crippen LogP contribution in [0.2, 0.25) is 0 Å². The maximum Gasteiger partial charge on any atom is 0.274 e. The van der Waals surface area contributed by atoms with Gasteiger partial charge < -0.3 is 10.6 Å². The Bertz CT molecular complexity index is 889. The minimum Gasteiger partial charge on any atom is -0.324 e. The van der Waals surface area contributed by atoms with Gasteiger partial charge in [-0.15, -0.1) is 0 Å². The van der Waals surface area contributed by atoms with Crippen LogP contribution >= 0.6 is 15.9 Å². The van der Waals surface area contributed by atoms with Gasteiger partial charge in [-0.1, -0.05) is 34.1 Å². The average Bonchev–Trinajstić information content (AvgIpc) is 2.60. The number of nitrogens with one attached hydrogen (secondary N) is 2. The molecule has 2 N–H and O–H groups in total. The van der Waals surface area contributed by atoms with Crippen LogP contribution in [-0.2, 0) is 0 Å². The number of carbonyl (C=O) groups is 1. The predicted octanol–water partition coefficient (Wildman–Crippen LogP) is 4.85. The zero-order valence-corrected chi connectivity index (χ0v) is 15.5. The monoisotopic (exact) mass is 396 g/mol. The quantitative estimate of drug-likeness (QED) is 0.661. The van der Waals surface area contributed by atoms with Gasteiger partial charge in [-0.3, -0.25) is 4.79 Å². The van der Waals surface area contributed by atoms with Crippen LogP contribution in [0.4, 0.5) is 17.3 Å². The summed E-state index contributed by atoms with van der Waals surface area (Å²) >= 11 is 3.39. The predicted molar refractivity (Wildman–Crippen MR) is 103 cm³/mol. The molecule has 1 amide bonds. The average molecular weight is 397 g/mol. The van der Waals surface area contributed by atoms with Crippen LogP contribution in [-0.4, -0.2) is 15.9 Å². The normalized spacial score (nSPS) is 10.4. The van der Waals surface area contributed by atoms with E-state index < -0.39 is 0 Å². The Kier molecular flexibility index (Phi) is 5.09. The van der Waals surface area contributed by atoms with E-state index in [-0.39, 0.29) is 5.91 Å². The Morgan fingerprint density at radius 2 is 1.68 bits per heavy atom. The molecule has 3 rings (SSSR count). The number of nitrogens with zero attached hydrogens (tertiary/aromatic N) is 2. The van der Waals surface area contributed by atoms with Crippen molar-refractivity contribution >= 4 is 39.2 Å². The van der Waals surface area contributed by atoms with E-state index in [1.54, 1.807) is 12.3 Å². The Labute approximate surface area is 154 Å². The number of anilines is 3. The van der Waals surface area contributed by atoms with Crippen LogP contribution < -0.4 is 10.6 Å². The third-order valence-corrected chi connectivity index (χ3v) is 4.24. The van der Waals surface area contributed by atoms with Crippen LogP contribution in [0.5, 0.6) is 0 Å². The van der Waals surface area contributed by atoms with Crippen molar-refractivity contribution in [2.45, 2.75) is 13.8 Å². The van der Waals surface area contributed by atoms with Crippen molar-refractivity contribution < 1.29 is 4.79 Å². The third-order valence-electron chi connectivity index (χ3n) is 3.71. The first kappa shape index (κ1) is 17.1. The smallest absolute Gasteiger partial charge is 0.274 e. The van der Waals surface area contributed by atoms with Crippen LogP contribution in [0.1, 0.15) is 21.6 Å². The molecule has 0 saturated heterocycles. The molecule has 5 nitrogen and oxygen atoms in total. The molecule has 1 heterocycles. The molecule has 6 heteroatoms. The van der Waals surface area contributed by atoms with Gasteiger partial charge in [0.25, 0.3) is 5.91 Å². The number of halogens is 1. The molecule has 0 aliphatic carbocycles. The second-order valence-corrected chi connectivity index (χ2v) is 6.53. The van der Waals surface area contributed by atoms with Crippen molar-refractivity contribution in [3.8, 4) is 0 Å². The zero-order valence-electron chi connectivity index (χ0n) is 13.9. The van der Waals surface area contributed by atoms with Crippen molar-refractivity contribution in [3.63, 3.8) is 0 Å². The van der Waals surface area contributed by atoms with E-state index in [9.17, 15) is 4.79 Å². The highest BCUT2D eigenvalue weighted by Gasteiger charge is 2.12. The maximum absolute atomic E-state index is 12.5. The third kappa shape index (κ3) is 4.22. The summed E-state index contributed by atoms with van der Waals surface area (Å²) in [6, 6.07) is 15.1. The lowest BCUT2D eigenvalue weighted by Gasteiger charge is -2.11. The standard InChI is InChI=1S/C19H17BrN4O/c1-12-4-3-5-13(2)17(12)24-18(25)16-10-11-21-19(23-16)22-15-8-6-14(20)7-9-15/h3-11H,1-2H3,(H,24,25)(H,21,22,23). The summed E-state index contributed by atoms with van der Waals surface area (Å²) in [6.45, 7) is 3.92. The van der Waals surface area contributed by atoms with E-state index in [0.717, 1.165) is 27.0 Å². The molecule has 0 fully saturated rings. The first-order valence-electron chi connectivity index (χ1n) is 7.76. The van der Waals surface area contributed by atoms with Crippen molar-refractivity contribution in [2.24, 2.45) is 0 Å². The van der Waals surface area contributed by atoms with Gasteiger partial charge >= 0.3 is 0 Å². The van der Waals surface area contributed by atoms with Crippen LogP contribution in [0, 0.1) is 13.8 Å². The topological polar surface area (TPSA) is 66.9 Å². The van der Waals surface area contributed by atoms with Gasteiger partial charge in [0.2, 0.25) is 5.95 Å². The van der Waals surface area contributed by atoms with Crippen LogP contribution in [0.25, 0.3) is 0 Å². The number of hydrogen-bond donors (Lipinski definition) is 2. The van der Waals surface area contributed by atoms with Gasteiger partial charge in [-0.05, 0) is 55.3 Å². The molecule has 2 aromatic carbocycles. The lowest BCUT2D eigenvalue weighted by Crippen LogP contribution is -2.16. The number of amides is 1. The van der Waals surface area contributed by atoms with Gasteiger partial charge in [0.1, 0.15) is 5.69 Å². The molecule has 25 heavy (non-hydrogen) atoms. The Balaban J connectivity index is 1.78. The number of benzene rings is 2. The summed E-state index contributed by atoms with van der Waals surface area (Å²) in [4.78, 5) is 21.0. The summed E-state index contributed by atoms with van der Waals surface area (Å²) in [7, 11) is 0. The van der Waals surface area contributed by atoms with Gasteiger partial charge in [0.15, 0.2) is 0 Å². The zero-order chi connectivity index (χ0) is 17.8. The van der Waals surface area contributed by atoms with Gasteiger partial charge in [-0.2, -0.15) is 0 Å². The molecule has 0 aliphatic rings. The summed E-state index contributed by atoms with van der Waals surface area (Å²) in [5.74, 6) is 0.107. The van der Waals surface area contributed by atoms with Crippen LogP contribution in [0.15, 0.2) is 59.2 Å². The number of hydrogen-bond acceptors (Lipinski definition) is 4. The molecule has 0 atom stereocenters. The minimum atomic E-state index is -0.265. The van der Waals surface area contributed by atoms with Crippen molar-refractivity contribution in [1.29, 1.82) is 0 Å². The molecule has 0 unspecified atom stereocenters. The summed E-state index contributed by atoms with van der Waals surface area (Å²) in [6.07, 6.45) is 1.56. The molecular formula is C19H17BrN4O. The number of carbonyl (C=O) groups excluding carboxylic acids is 1. The molecular weight excluding hydrogens is 380 g/mol. The van der Waals surface area contributed by atoms with Crippen molar-refractivity contribution in [2.75, 3.05) is 10.6 Å². The molecule has 0 spiro atoms. The number of aromatic nitrogens is 2. The number of aryl methyl sites for hydroxylation is 2. The Morgan fingerprint density at radius 3 is 2.36 bits per heavy atom. The number of rotatable bonds is 4.